The Morgan fingerprint density at radius 3 is 2.76 bits per heavy atom. The van der Waals surface area contributed by atoms with Crippen molar-refractivity contribution < 1.29 is 13.9 Å². The van der Waals surface area contributed by atoms with Crippen molar-refractivity contribution in [1.29, 1.82) is 0 Å². The summed E-state index contributed by atoms with van der Waals surface area (Å²) in [6.07, 6.45) is -0.498. The zero-order chi connectivity index (χ0) is 11.8. The number of halogens is 2. The number of hydrogen-bond acceptors (Lipinski definition) is 3. The molecule has 0 bridgehead atoms. The van der Waals surface area contributed by atoms with E-state index in [0.29, 0.717) is 34.8 Å². The lowest BCUT2D eigenvalue weighted by Crippen LogP contribution is -2.00. The fourth-order valence-corrected chi connectivity index (χ4v) is 2.08. The Balaban J connectivity index is 2.14. The summed E-state index contributed by atoms with van der Waals surface area (Å²) in [5.41, 5.74) is 1.29. The van der Waals surface area contributed by atoms with Gasteiger partial charge in [0.15, 0.2) is 6.29 Å². The highest BCUT2D eigenvalue weighted by Crippen LogP contribution is 2.31. The molecule has 0 saturated carbocycles. The highest BCUT2D eigenvalue weighted by molar-refractivity contribution is 6.30. The summed E-state index contributed by atoms with van der Waals surface area (Å²) in [7, 11) is 0. The lowest BCUT2D eigenvalue weighted by Gasteiger charge is -2.11. The van der Waals surface area contributed by atoms with E-state index in [4.69, 9.17) is 21.1 Å². The maximum Gasteiger partial charge on any atom is 0.187 e. The van der Waals surface area contributed by atoms with Gasteiger partial charge in [0, 0.05) is 10.9 Å². The van der Waals surface area contributed by atoms with E-state index in [1.807, 2.05) is 0 Å². The van der Waals surface area contributed by atoms with Gasteiger partial charge in [0.25, 0.3) is 0 Å². The Labute approximate surface area is 102 Å². The van der Waals surface area contributed by atoms with Crippen LogP contribution in [0, 0.1) is 5.82 Å². The normalized spacial score (nSPS) is 16.8. The Morgan fingerprint density at radius 1 is 1.24 bits per heavy atom. The summed E-state index contributed by atoms with van der Waals surface area (Å²) in [4.78, 5) is 4.20. The van der Waals surface area contributed by atoms with Crippen molar-refractivity contribution in [1.82, 2.24) is 4.98 Å². The lowest BCUT2D eigenvalue weighted by molar-refractivity contribution is -0.0441. The predicted molar refractivity (Wildman–Crippen MR) is 61.4 cm³/mol. The van der Waals surface area contributed by atoms with Crippen LogP contribution in [0.2, 0.25) is 5.15 Å². The first kappa shape index (κ1) is 10.9. The number of ether oxygens (including phenoxy) is 2. The van der Waals surface area contributed by atoms with Crippen LogP contribution in [-0.2, 0) is 9.47 Å². The van der Waals surface area contributed by atoms with Crippen LogP contribution in [0.25, 0.3) is 10.9 Å². The van der Waals surface area contributed by atoms with Gasteiger partial charge in [-0.1, -0.05) is 11.6 Å². The van der Waals surface area contributed by atoms with E-state index >= 15 is 0 Å². The molecule has 0 N–H and O–H groups in total. The third-order valence-electron chi connectivity index (χ3n) is 2.63. The fourth-order valence-electron chi connectivity index (χ4n) is 1.84. The largest absolute Gasteiger partial charge is 0.346 e. The van der Waals surface area contributed by atoms with Gasteiger partial charge in [-0.15, -0.1) is 0 Å². The maximum absolute atomic E-state index is 13.1. The third-order valence-corrected chi connectivity index (χ3v) is 2.94. The summed E-state index contributed by atoms with van der Waals surface area (Å²) < 4.78 is 23.8. The minimum atomic E-state index is -0.498. The molecule has 0 amide bonds. The Hall–Kier alpha value is -1.23. The average Bonchev–Trinajstić information content (AvgIpc) is 2.82. The zero-order valence-corrected chi connectivity index (χ0v) is 9.58. The van der Waals surface area contributed by atoms with Gasteiger partial charge >= 0.3 is 0 Å². The summed E-state index contributed by atoms with van der Waals surface area (Å²) in [6.45, 7) is 1.06. The van der Waals surface area contributed by atoms with Gasteiger partial charge in [0.2, 0.25) is 0 Å². The molecule has 0 spiro atoms. The van der Waals surface area contributed by atoms with Crippen molar-refractivity contribution in [2.45, 2.75) is 6.29 Å². The molecule has 0 radical (unpaired) electrons. The van der Waals surface area contributed by atoms with E-state index in [1.54, 1.807) is 12.1 Å². The maximum atomic E-state index is 13.1. The highest BCUT2D eigenvalue weighted by atomic mass is 35.5. The van der Waals surface area contributed by atoms with Gasteiger partial charge < -0.3 is 9.47 Å². The first-order chi connectivity index (χ1) is 8.24. The summed E-state index contributed by atoms with van der Waals surface area (Å²) in [6, 6.07) is 6.12. The Bertz CT molecular complexity index is 570. The number of benzene rings is 1. The second-order valence-corrected chi connectivity index (χ2v) is 4.14. The molecule has 1 fully saturated rings. The molecular weight excluding hydrogens is 245 g/mol. The van der Waals surface area contributed by atoms with E-state index in [9.17, 15) is 4.39 Å². The lowest BCUT2D eigenvalue weighted by atomic mass is 10.1. The van der Waals surface area contributed by atoms with Gasteiger partial charge in [-0.3, -0.25) is 0 Å². The van der Waals surface area contributed by atoms with E-state index in [0.717, 1.165) is 0 Å². The quantitative estimate of drug-likeness (QED) is 0.732. The van der Waals surface area contributed by atoms with Crippen molar-refractivity contribution in [3.05, 3.63) is 40.8 Å². The van der Waals surface area contributed by atoms with Gasteiger partial charge in [-0.2, -0.15) is 0 Å². The van der Waals surface area contributed by atoms with Crippen molar-refractivity contribution in [2.24, 2.45) is 0 Å². The zero-order valence-electron chi connectivity index (χ0n) is 8.82. The minimum Gasteiger partial charge on any atom is -0.346 e. The molecule has 17 heavy (non-hydrogen) atoms. The van der Waals surface area contributed by atoms with Crippen LogP contribution >= 0.6 is 11.6 Å². The van der Waals surface area contributed by atoms with Gasteiger partial charge in [0.05, 0.1) is 18.7 Å². The Kier molecular flexibility index (Phi) is 2.70. The second-order valence-electron chi connectivity index (χ2n) is 3.78. The molecule has 1 aromatic carbocycles. The van der Waals surface area contributed by atoms with Crippen molar-refractivity contribution >= 4 is 22.5 Å². The number of aromatic nitrogens is 1. The van der Waals surface area contributed by atoms with Crippen LogP contribution in [0.15, 0.2) is 24.3 Å². The molecule has 5 heteroatoms. The summed E-state index contributed by atoms with van der Waals surface area (Å²) >= 11 is 6.06. The molecule has 3 rings (SSSR count). The van der Waals surface area contributed by atoms with Crippen LogP contribution in [-0.4, -0.2) is 18.2 Å². The number of rotatable bonds is 1. The average molecular weight is 254 g/mol. The summed E-state index contributed by atoms with van der Waals surface area (Å²) in [5, 5.41) is 1.01. The highest BCUT2D eigenvalue weighted by Gasteiger charge is 2.22. The Morgan fingerprint density at radius 2 is 2.00 bits per heavy atom. The molecule has 0 unspecified atom stereocenters. The molecule has 2 heterocycles. The summed E-state index contributed by atoms with van der Waals surface area (Å²) in [5.74, 6) is -0.305. The van der Waals surface area contributed by atoms with Gasteiger partial charge in [-0.25, -0.2) is 9.37 Å². The third kappa shape index (κ3) is 1.99. The standard InChI is InChI=1S/C12H9ClFNO2/c13-11-9(12-16-3-4-17-12)6-7-5-8(14)1-2-10(7)15-11/h1-2,5-6,12H,3-4H2. The SMILES string of the molecule is Fc1ccc2nc(Cl)c(C3OCCO3)cc2c1. The van der Waals surface area contributed by atoms with Gasteiger partial charge in [-0.05, 0) is 24.3 Å². The molecule has 1 aliphatic rings. The second kappa shape index (κ2) is 4.22. The molecule has 1 aromatic heterocycles. The first-order valence-electron chi connectivity index (χ1n) is 5.23. The van der Waals surface area contributed by atoms with E-state index in [1.165, 1.54) is 12.1 Å². The molecular formula is C12H9ClFNO2. The van der Waals surface area contributed by atoms with Crippen LogP contribution in [0.3, 0.4) is 0 Å². The topological polar surface area (TPSA) is 31.4 Å². The smallest absolute Gasteiger partial charge is 0.187 e. The van der Waals surface area contributed by atoms with E-state index < -0.39 is 6.29 Å². The minimum absolute atomic E-state index is 0.305. The van der Waals surface area contributed by atoms with E-state index in [2.05, 4.69) is 4.98 Å². The van der Waals surface area contributed by atoms with Crippen molar-refractivity contribution in [2.75, 3.05) is 13.2 Å². The number of fused-ring (bicyclic) bond motifs is 1. The number of pyridine rings is 1. The molecule has 0 atom stereocenters. The number of hydrogen-bond donors (Lipinski definition) is 0. The van der Waals surface area contributed by atoms with Gasteiger partial charge in [0.1, 0.15) is 11.0 Å². The van der Waals surface area contributed by atoms with Crippen molar-refractivity contribution in [3.63, 3.8) is 0 Å². The van der Waals surface area contributed by atoms with Crippen LogP contribution < -0.4 is 0 Å². The monoisotopic (exact) mass is 253 g/mol. The molecule has 0 aliphatic carbocycles. The molecule has 3 nitrogen and oxygen atoms in total. The predicted octanol–water partition coefficient (Wildman–Crippen LogP) is 3.07. The van der Waals surface area contributed by atoms with E-state index in [-0.39, 0.29) is 5.82 Å². The van der Waals surface area contributed by atoms with Crippen molar-refractivity contribution in [3.8, 4) is 0 Å². The molecule has 2 aromatic rings. The fraction of sp³-hybridized carbons (Fsp3) is 0.250. The van der Waals surface area contributed by atoms with Crippen LogP contribution in [0.5, 0.6) is 0 Å². The molecule has 1 saturated heterocycles. The van der Waals surface area contributed by atoms with Crippen LogP contribution in [0.1, 0.15) is 11.9 Å². The number of nitrogens with zero attached hydrogens (tertiary/aromatic N) is 1. The molecule has 1 aliphatic heterocycles. The van der Waals surface area contributed by atoms with Crippen LogP contribution in [0.4, 0.5) is 4.39 Å². The molecule has 88 valence electrons. The first-order valence-corrected chi connectivity index (χ1v) is 5.61.